The van der Waals surface area contributed by atoms with Crippen molar-refractivity contribution in [3.05, 3.63) is 29.3 Å². The highest BCUT2D eigenvalue weighted by molar-refractivity contribution is 5.38. The van der Waals surface area contributed by atoms with Crippen LogP contribution in [0.25, 0.3) is 0 Å². The van der Waals surface area contributed by atoms with Crippen LogP contribution in [-0.2, 0) is 11.3 Å². The number of rotatable bonds is 9. The third-order valence-electron chi connectivity index (χ3n) is 3.90. The summed E-state index contributed by atoms with van der Waals surface area (Å²) in [5.74, 6) is 0.973. The topological polar surface area (TPSA) is 33.7 Å². The number of nitrogens with zero attached hydrogens (tertiary/aromatic N) is 1. The van der Waals surface area contributed by atoms with Gasteiger partial charge in [0.1, 0.15) is 5.75 Å². The molecule has 4 heteroatoms. The molecule has 4 nitrogen and oxygen atoms in total. The monoisotopic (exact) mass is 294 g/mol. The average molecular weight is 294 g/mol. The molecule has 2 atom stereocenters. The first-order valence-corrected chi connectivity index (χ1v) is 7.65. The van der Waals surface area contributed by atoms with Gasteiger partial charge in [0.15, 0.2) is 0 Å². The fourth-order valence-corrected chi connectivity index (χ4v) is 2.25. The van der Waals surface area contributed by atoms with Gasteiger partial charge in [-0.05, 0) is 52.6 Å². The highest BCUT2D eigenvalue weighted by Crippen LogP contribution is 2.25. The largest absolute Gasteiger partial charge is 0.494 e. The van der Waals surface area contributed by atoms with Crippen molar-refractivity contribution in [3.63, 3.8) is 0 Å². The second-order valence-corrected chi connectivity index (χ2v) is 5.53. The summed E-state index contributed by atoms with van der Waals surface area (Å²) in [5.41, 5.74) is 2.51. The Morgan fingerprint density at radius 3 is 2.57 bits per heavy atom. The molecule has 0 aliphatic carbocycles. The summed E-state index contributed by atoms with van der Waals surface area (Å²) in [6.45, 7) is 8.62. The van der Waals surface area contributed by atoms with Crippen molar-refractivity contribution in [1.82, 2.24) is 10.2 Å². The van der Waals surface area contributed by atoms with Gasteiger partial charge in [-0.1, -0.05) is 6.07 Å². The van der Waals surface area contributed by atoms with E-state index >= 15 is 0 Å². The number of methoxy groups -OCH3 is 1. The van der Waals surface area contributed by atoms with Gasteiger partial charge in [-0.15, -0.1) is 0 Å². The molecule has 0 radical (unpaired) electrons. The molecule has 1 N–H and O–H groups in total. The van der Waals surface area contributed by atoms with Crippen molar-refractivity contribution >= 4 is 0 Å². The summed E-state index contributed by atoms with van der Waals surface area (Å²) in [6, 6.07) is 7.16. The molecule has 0 saturated heterocycles. The average Bonchev–Trinajstić information content (AvgIpc) is 2.48. The molecule has 21 heavy (non-hydrogen) atoms. The minimum Gasteiger partial charge on any atom is -0.494 e. The van der Waals surface area contributed by atoms with Crippen molar-refractivity contribution < 1.29 is 9.47 Å². The first-order chi connectivity index (χ1) is 10.0. The molecule has 0 heterocycles. The number of hydrogen-bond donors (Lipinski definition) is 1. The van der Waals surface area contributed by atoms with E-state index in [4.69, 9.17) is 9.47 Å². The number of benzene rings is 1. The minimum absolute atomic E-state index is 0.334. The third-order valence-corrected chi connectivity index (χ3v) is 3.90. The normalized spacial score (nSPS) is 14.2. The van der Waals surface area contributed by atoms with Crippen molar-refractivity contribution in [2.45, 2.75) is 39.4 Å². The van der Waals surface area contributed by atoms with E-state index in [9.17, 15) is 0 Å². The van der Waals surface area contributed by atoms with Gasteiger partial charge in [0.05, 0.1) is 13.2 Å². The van der Waals surface area contributed by atoms with E-state index in [2.05, 4.69) is 49.3 Å². The predicted octanol–water partition coefficient (Wildman–Crippen LogP) is 2.83. The van der Waals surface area contributed by atoms with Crippen LogP contribution in [0, 0.1) is 0 Å². The summed E-state index contributed by atoms with van der Waals surface area (Å²) in [5, 5.41) is 3.28. The highest BCUT2D eigenvalue weighted by Gasteiger charge is 2.14. The SMILES string of the molecule is CCOc1ccc(C(C)NC)cc1CN(C)C(C)COC. The van der Waals surface area contributed by atoms with E-state index in [1.54, 1.807) is 7.11 Å². The summed E-state index contributed by atoms with van der Waals surface area (Å²) >= 11 is 0. The van der Waals surface area contributed by atoms with Crippen molar-refractivity contribution in [1.29, 1.82) is 0 Å². The molecule has 0 fully saturated rings. The molecule has 0 saturated carbocycles. The second-order valence-electron chi connectivity index (χ2n) is 5.53. The van der Waals surface area contributed by atoms with E-state index in [1.165, 1.54) is 11.1 Å². The maximum Gasteiger partial charge on any atom is 0.123 e. The molecule has 1 rings (SSSR count). The number of nitrogens with one attached hydrogen (secondary N) is 1. The van der Waals surface area contributed by atoms with Crippen LogP contribution in [0.5, 0.6) is 5.75 Å². The van der Waals surface area contributed by atoms with Gasteiger partial charge in [0, 0.05) is 31.3 Å². The Kier molecular flexibility index (Phi) is 7.72. The molecule has 0 bridgehead atoms. The van der Waals surface area contributed by atoms with Gasteiger partial charge >= 0.3 is 0 Å². The second kappa shape index (κ2) is 9.03. The molecule has 1 aromatic carbocycles. The van der Waals surface area contributed by atoms with Crippen LogP contribution in [0.4, 0.5) is 0 Å². The Morgan fingerprint density at radius 1 is 1.29 bits per heavy atom. The lowest BCUT2D eigenvalue weighted by Gasteiger charge is -2.25. The maximum atomic E-state index is 5.77. The fraction of sp³-hybridized carbons (Fsp3) is 0.647. The van der Waals surface area contributed by atoms with Crippen LogP contribution >= 0.6 is 0 Å². The van der Waals surface area contributed by atoms with Gasteiger partial charge in [-0.25, -0.2) is 0 Å². The Balaban J connectivity index is 2.94. The van der Waals surface area contributed by atoms with Crippen LogP contribution in [0.15, 0.2) is 18.2 Å². The lowest BCUT2D eigenvalue weighted by molar-refractivity contribution is 0.111. The molecular weight excluding hydrogens is 264 g/mol. The van der Waals surface area contributed by atoms with Gasteiger partial charge in [-0.2, -0.15) is 0 Å². The molecular formula is C17H30N2O2. The Labute approximate surface area is 129 Å². The summed E-state index contributed by atoms with van der Waals surface area (Å²) in [6.07, 6.45) is 0. The van der Waals surface area contributed by atoms with E-state index in [-0.39, 0.29) is 0 Å². The summed E-state index contributed by atoms with van der Waals surface area (Å²) < 4.78 is 11.0. The first-order valence-electron chi connectivity index (χ1n) is 7.65. The number of hydrogen-bond acceptors (Lipinski definition) is 4. The van der Waals surface area contributed by atoms with Crippen molar-refractivity contribution in [3.8, 4) is 5.75 Å². The van der Waals surface area contributed by atoms with Gasteiger partial charge < -0.3 is 14.8 Å². The smallest absolute Gasteiger partial charge is 0.123 e. The Hall–Kier alpha value is -1.10. The molecule has 1 aromatic rings. The van der Waals surface area contributed by atoms with Crippen LogP contribution in [0.3, 0.4) is 0 Å². The summed E-state index contributed by atoms with van der Waals surface area (Å²) in [4.78, 5) is 2.29. The van der Waals surface area contributed by atoms with Gasteiger partial charge in [0.25, 0.3) is 0 Å². The van der Waals surface area contributed by atoms with E-state index in [0.29, 0.717) is 18.7 Å². The molecule has 2 unspecified atom stereocenters. The molecule has 120 valence electrons. The quantitative estimate of drug-likeness (QED) is 0.759. The van der Waals surface area contributed by atoms with Crippen LogP contribution in [0.1, 0.15) is 37.9 Å². The lowest BCUT2D eigenvalue weighted by Crippen LogP contribution is -2.32. The van der Waals surface area contributed by atoms with Crippen LogP contribution in [0.2, 0.25) is 0 Å². The molecule has 0 aliphatic rings. The third kappa shape index (κ3) is 5.30. The highest BCUT2D eigenvalue weighted by atomic mass is 16.5. The number of ether oxygens (including phenoxy) is 2. The zero-order valence-electron chi connectivity index (χ0n) is 14.3. The van der Waals surface area contributed by atoms with E-state index in [1.807, 2.05) is 14.0 Å². The van der Waals surface area contributed by atoms with Crippen molar-refractivity contribution in [2.75, 3.05) is 34.4 Å². The number of likely N-dealkylation sites (N-methyl/N-ethyl adjacent to an activating group) is 1. The maximum absolute atomic E-state index is 5.77. The van der Waals surface area contributed by atoms with E-state index in [0.717, 1.165) is 18.9 Å². The predicted molar refractivity (Wildman–Crippen MR) is 87.9 cm³/mol. The van der Waals surface area contributed by atoms with Gasteiger partial charge in [0.2, 0.25) is 0 Å². The molecule has 0 aliphatic heterocycles. The minimum atomic E-state index is 0.334. The zero-order valence-corrected chi connectivity index (χ0v) is 14.3. The summed E-state index contributed by atoms with van der Waals surface area (Å²) in [7, 11) is 5.84. The standard InChI is InChI=1S/C17H30N2O2/c1-7-21-17-9-8-15(14(3)18-4)10-16(17)11-19(5)13(2)12-20-6/h8-10,13-14,18H,7,11-12H2,1-6H3. The van der Waals surface area contributed by atoms with Crippen molar-refractivity contribution in [2.24, 2.45) is 0 Å². The van der Waals surface area contributed by atoms with Crippen LogP contribution in [-0.4, -0.2) is 45.4 Å². The van der Waals surface area contributed by atoms with Gasteiger partial charge in [-0.3, -0.25) is 4.90 Å². The Morgan fingerprint density at radius 2 is 2.00 bits per heavy atom. The fourth-order valence-electron chi connectivity index (χ4n) is 2.25. The van der Waals surface area contributed by atoms with Crippen LogP contribution < -0.4 is 10.1 Å². The Bertz CT molecular complexity index is 423. The first kappa shape index (κ1) is 18.0. The molecule has 0 aromatic heterocycles. The zero-order chi connectivity index (χ0) is 15.8. The molecule has 0 spiro atoms. The molecule has 0 amide bonds. The van der Waals surface area contributed by atoms with E-state index < -0.39 is 0 Å². The lowest BCUT2D eigenvalue weighted by atomic mass is 10.0.